The van der Waals surface area contributed by atoms with Crippen LogP contribution in [0, 0.1) is 0 Å². The summed E-state index contributed by atoms with van der Waals surface area (Å²) in [5.41, 5.74) is 1.45. The third kappa shape index (κ3) is 2.02. The summed E-state index contributed by atoms with van der Waals surface area (Å²) in [6, 6.07) is 3.05. The van der Waals surface area contributed by atoms with Crippen molar-refractivity contribution in [1.29, 1.82) is 0 Å². The Morgan fingerprint density at radius 3 is 2.50 bits per heavy atom. The van der Waals surface area contributed by atoms with Crippen LogP contribution in [-0.2, 0) is 9.84 Å². The monoisotopic (exact) mass is 333 g/mol. The smallest absolute Gasteiger partial charge is 0.175 e. The van der Waals surface area contributed by atoms with E-state index < -0.39 is 26.9 Å². The van der Waals surface area contributed by atoms with Crippen molar-refractivity contribution in [1.82, 2.24) is 0 Å². The Labute approximate surface area is 115 Å². The van der Waals surface area contributed by atoms with Gasteiger partial charge in [-0.3, -0.25) is 0 Å². The van der Waals surface area contributed by atoms with Gasteiger partial charge in [0.15, 0.2) is 9.84 Å². The largest absolute Gasteiger partial charge is 0.385 e. The van der Waals surface area contributed by atoms with E-state index in [1.165, 1.54) is 6.07 Å². The highest BCUT2D eigenvalue weighted by molar-refractivity contribution is 9.09. The van der Waals surface area contributed by atoms with Crippen molar-refractivity contribution < 1.29 is 17.9 Å². The van der Waals surface area contributed by atoms with Crippen LogP contribution in [0.15, 0.2) is 17.0 Å². The second-order valence-electron chi connectivity index (χ2n) is 4.33. The first-order valence-corrected chi connectivity index (χ1v) is 8.22. The van der Waals surface area contributed by atoms with E-state index in [0.29, 0.717) is 5.56 Å². The lowest BCUT2D eigenvalue weighted by molar-refractivity contribution is 0.0902. The fourth-order valence-electron chi connectivity index (χ4n) is 2.30. The molecule has 1 aliphatic carbocycles. The average Bonchev–Trinajstić information content (AvgIpc) is 2.53. The normalized spacial score (nSPS) is 27.1. The molecule has 0 aromatic heterocycles. The quantitative estimate of drug-likeness (QED) is 0.655. The van der Waals surface area contributed by atoms with Gasteiger partial charge in [0.2, 0.25) is 0 Å². The minimum absolute atomic E-state index is 0.000185. The molecule has 1 N–H and O–H groups in total. The highest BCUT2D eigenvalue weighted by atomic mass is 79.9. The van der Waals surface area contributed by atoms with Gasteiger partial charge in [-0.15, -0.1) is 0 Å². The van der Waals surface area contributed by atoms with Gasteiger partial charge in [-0.25, -0.2) is 12.8 Å². The Balaban J connectivity index is 2.80. The fraction of sp³-hybridized carbons (Fsp3) is 0.455. The van der Waals surface area contributed by atoms with E-state index in [4.69, 9.17) is 0 Å². The van der Waals surface area contributed by atoms with Crippen molar-refractivity contribution in [2.75, 3.05) is 6.26 Å². The number of fused-ring (bicyclic) bond motifs is 1. The summed E-state index contributed by atoms with van der Waals surface area (Å²) in [5.74, 6) is 0. The Morgan fingerprint density at radius 2 is 2.00 bits per heavy atom. The summed E-state index contributed by atoms with van der Waals surface area (Å²) in [4.78, 5) is -0.685. The molecule has 0 unspecified atom stereocenters. The molecule has 0 amide bonds. The topological polar surface area (TPSA) is 54.4 Å². The molecule has 1 radical (unpaired) electrons. The molecule has 1 aromatic carbocycles. The van der Waals surface area contributed by atoms with Crippen LogP contribution in [-0.4, -0.2) is 33.2 Å². The molecule has 1 aromatic rings. The maximum Gasteiger partial charge on any atom is 0.175 e. The molecular formula is C11H12BBrFO3S. The number of rotatable bonds is 2. The van der Waals surface area contributed by atoms with Gasteiger partial charge in [-0.05, 0) is 11.6 Å². The number of aliphatic hydroxyl groups excluding tert-OH is 1. The molecule has 0 fully saturated rings. The highest BCUT2D eigenvalue weighted by Crippen LogP contribution is 2.47. The van der Waals surface area contributed by atoms with Crippen molar-refractivity contribution in [2.24, 2.45) is 0 Å². The van der Waals surface area contributed by atoms with Crippen LogP contribution in [0.1, 0.15) is 22.1 Å². The number of sulfone groups is 1. The second-order valence-corrected chi connectivity index (χ2v) is 7.30. The number of alkyl halides is 2. The lowest BCUT2D eigenvalue weighted by Gasteiger charge is -2.13. The third-order valence-electron chi connectivity index (χ3n) is 3.14. The van der Waals surface area contributed by atoms with Crippen molar-refractivity contribution in [2.45, 2.75) is 28.8 Å². The number of aliphatic hydroxyl groups is 1. The molecule has 0 bridgehead atoms. The predicted octanol–water partition coefficient (Wildman–Crippen LogP) is 1.29. The van der Waals surface area contributed by atoms with Crippen LogP contribution < -0.4 is 5.46 Å². The SMILES string of the molecule is C[B]c1ccc(S(C)(=O)=O)c2c1[C@H](Br)[C@@H](F)[C@H]2O. The minimum Gasteiger partial charge on any atom is -0.385 e. The van der Waals surface area contributed by atoms with Crippen molar-refractivity contribution in [3.8, 4) is 0 Å². The standard InChI is InChI=1S/C11H12BBrFO3S/c1-12-5-3-4-6(18(2,16)17)8-7(5)9(13)10(14)11(8)15/h3-4,9-11,15H,1-2H3/t9-,10+,11-/m0/s1. The van der Waals surface area contributed by atoms with E-state index in [2.05, 4.69) is 15.9 Å². The minimum atomic E-state index is -3.49. The van der Waals surface area contributed by atoms with Gasteiger partial charge in [0.25, 0.3) is 0 Å². The molecule has 97 valence electrons. The predicted molar refractivity (Wildman–Crippen MR) is 72.3 cm³/mol. The van der Waals surface area contributed by atoms with E-state index >= 15 is 0 Å². The molecular weight excluding hydrogens is 322 g/mol. The molecule has 1 aliphatic rings. The van der Waals surface area contributed by atoms with Crippen molar-refractivity contribution in [3.05, 3.63) is 23.3 Å². The molecule has 18 heavy (non-hydrogen) atoms. The van der Waals surface area contributed by atoms with Gasteiger partial charge in [0, 0.05) is 11.8 Å². The number of hydrogen-bond donors (Lipinski definition) is 1. The zero-order chi connectivity index (χ0) is 13.7. The lowest BCUT2D eigenvalue weighted by atomic mass is 9.70. The van der Waals surface area contributed by atoms with Crippen LogP contribution in [0.25, 0.3) is 0 Å². The average molecular weight is 334 g/mol. The zero-order valence-electron chi connectivity index (χ0n) is 9.89. The Morgan fingerprint density at radius 1 is 1.39 bits per heavy atom. The zero-order valence-corrected chi connectivity index (χ0v) is 12.3. The summed E-state index contributed by atoms with van der Waals surface area (Å²) >= 11 is 3.19. The summed E-state index contributed by atoms with van der Waals surface area (Å²) in [6.45, 7) is 1.79. The van der Waals surface area contributed by atoms with Crippen molar-refractivity contribution >= 4 is 38.5 Å². The number of hydrogen-bond acceptors (Lipinski definition) is 3. The van der Waals surface area contributed by atoms with Gasteiger partial charge in [-0.2, -0.15) is 0 Å². The summed E-state index contributed by atoms with van der Waals surface area (Å²) in [5, 5.41) is 9.90. The van der Waals surface area contributed by atoms with Crippen LogP contribution >= 0.6 is 15.9 Å². The molecule has 3 nitrogen and oxygen atoms in total. The maximum absolute atomic E-state index is 13.9. The maximum atomic E-state index is 13.9. The number of benzene rings is 1. The number of halogens is 2. The first-order valence-electron chi connectivity index (χ1n) is 5.41. The van der Waals surface area contributed by atoms with Gasteiger partial charge in [0.1, 0.15) is 19.6 Å². The first-order chi connectivity index (χ1) is 8.29. The Hall–Kier alpha value is -0.395. The van der Waals surface area contributed by atoms with E-state index in [9.17, 15) is 17.9 Å². The molecule has 0 heterocycles. The molecule has 0 saturated heterocycles. The summed E-state index contributed by atoms with van der Waals surface area (Å²) in [6.07, 6.45) is -1.89. The van der Waals surface area contributed by atoms with Gasteiger partial charge >= 0.3 is 0 Å². The van der Waals surface area contributed by atoms with Crippen LogP contribution in [0.4, 0.5) is 4.39 Å². The summed E-state index contributed by atoms with van der Waals surface area (Å²) < 4.78 is 37.3. The third-order valence-corrected chi connectivity index (χ3v) is 5.26. The lowest BCUT2D eigenvalue weighted by Crippen LogP contribution is -2.19. The van der Waals surface area contributed by atoms with Gasteiger partial charge in [0.05, 0.1) is 9.72 Å². The summed E-state index contributed by atoms with van der Waals surface area (Å²) in [7, 11) is -1.73. The van der Waals surface area contributed by atoms with E-state index in [0.717, 1.165) is 11.7 Å². The van der Waals surface area contributed by atoms with Gasteiger partial charge < -0.3 is 5.11 Å². The Kier molecular flexibility index (Phi) is 3.59. The van der Waals surface area contributed by atoms with Crippen LogP contribution in [0.5, 0.6) is 0 Å². The fourth-order valence-corrected chi connectivity index (χ4v) is 4.05. The Bertz CT molecular complexity index is 590. The van der Waals surface area contributed by atoms with E-state index in [-0.39, 0.29) is 10.5 Å². The van der Waals surface area contributed by atoms with Gasteiger partial charge in [-0.1, -0.05) is 34.3 Å². The second kappa shape index (κ2) is 4.61. The van der Waals surface area contributed by atoms with Crippen LogP contribution in [0.2, 0.25) is 6.82 Å². The van der Waals surface area contributed by atoms with E-state index in [1.807, 2.05) is 0 Å². The molecule has 3 atom stereocenters. The first kappa shape index (κ1) is 14.0. The molecule has 7 heteroatoms. The molecule has 0 spiro atoms. The molecule has 0 aliphatic heterocycles. The highest BCUT2D eigenvalue weighted by Gasteiger charge is 2.42. The molecule has 2 rings (SSSR count). The van der Waals surface area contributed by atoms with E-state index in [1.54, 1.807) is 20.2 Å². The van der Waals surface area contributed by atoms with Crippen molar-refractivity contribution in [3.63, 3.8) is 0 Å². The molecule has 0 saturated carbocycles. The van der Waals surface area contributed by atoms with Crippen LogP contribution in [0.3, 0.4) is 0 Å².